The Morgan fingerprint density at radius 3 is 1.90 bits per heavy atom. The monoisotopic (exact) mass is 402 g/mol. The molecule has 3 aromatic carbocycles. The van der Waals surface area contributed by atoms with Gasteiger partial charge >= 0.3 is 0 Å². The van der Waals surface area contributed by atoms with Crippen LogP contribution in [0, 0.1) is 0 Å². The molecular weight excluding hydrogens is 380 g/mol. The third-order valence-electron chi connectivity index (χ3n) is 4.08. The Kier molecular flexibility index (Phi) is 6.78. The Morgan fingerprint density at radius 1 is 0.667 bits per heavy atom. The van der Waals surface area contributed by atoms with Crippen molar-refractivity contribution in [2.45, 2.75) is 6.92 Å². The molecule has 0 heterocycles. The second-order valence-electron chi connectivity index (χ2n) is 6.56. The van der Waals surface area contributed by atoms with Crippen LogP contribution in [0.3, 0.4) is 0 Å². The van der Waals surface area contributed by atoms with Crippen molar-refractivity contribution in [1.82, 2.24) is 0 Å². The maximum atomic E-state index is 12.3. The third kappa shape index (κ3) is 6.20. The van der Waals surface area contributed by atoms with E-state index in [1.807, 2.05) is 12.1 Å². The van der Waals surface area contributed by atoms with Gasteiger partial charge in [-0.05, 0) is 48.5 Å². The number of carbonyl (C=O) groups excluding carboxylic acids is 3. The Hall–Kier alpha value is -4.13. The molecule has 0 fully saturated rings. The quantitative estimate of drug-likeness (QED) is 0.481. The van der Waals surface area contributed by atoms with Gasteiger partial charge in [-0.2, -0.15) is 0 Å². The van der Waals surface area contributed by atoms with Crippen LogP contribution < -0.4 is 21.3 Å². The van der Waals surface area contributed by atoms with Crippen LogP contribution in [-0.2, 0) is 9.59 Å². The summed E-state index contributed by atoms with van der Waals surface area (Å²) in [5.74, 6) is -0.627. The first-order valence-corrected chi connectivity index (χ1v) is 9.37. The van der Waals surface area contributed by atoms with Gasteiger partial charge in [0.25, 0.3) is 5.91 Å². The van der Waals surface area contributed by atoms with E-state index < -0.39 is 0 Å². The molecule has 30 heavy (non-hydrogen) atoms. The average Bonchev–Trinajstić information content (AvgIpc) is 2.73. The van der Waals surface area contributed by atoms with E-state index in [1.165, 1.54) is 6.92 Å². The van der Waals surface area contributed by atoms with Crippen molar-refractivity contribution in [3.05, 3.63) is 84.4 Å². The fourth-order valence-corrected chi connectivity index (χ4v) is 2.77. The zero-order chi connectivity index (χ0) is 21.3. The van der Waals surface area contributed by atoms with E-state index in [0.29, 0.717) is 28.3 Å². The largest absolute Gasteiger partial charge is 0.376 e. The van der Waals surface area contributed by atoms with E-state index in [4.69, 9.17) is 0 Å². The zero-order valence-corrected chi connectivity index (χ0v) is 16.4. The van der Waals surface area contributed by atoms with Crippen LogP contribution in [0.2, 0.25) is 0 Å². The fraction of sp³-hybridized carbons (Fsp3) is 0.0870. The Balaban J connectivity index is 1.54. The average molecular weight is 402 g/mol. The van der Waals surface area contributed by atoms with Crippen LogP contribution in [0.1, 0.15) is 17.3 Å². The summed E-state index contributed by atoms with van der Waals surface area (Å²) in [7, 11) is 0. The molecule has 0 bridgehead atoms. The van der Waals surface area contributed by atoms with Crippen LogP contribution in [0.5, 0.6) is 0 Å². The van der Waals surface area contributed by atoms with Crippen LogP contribution in [0.4, 0.5) is 22.7 Å². The minimum Gasteiger partial charge on any atom is -0.376 e. The van der Waals surface area contributed by atoms with Crippen molar-refractivity contribution in [3.63, 3.8) is 0 Å². The van der Waals surface area contributed by atoms with E-state index >= 15 is 0 Å². The number of amides is 3. The van der Waals surface area contributed by atoms with Crippen molar-refractivity contribution in [2.24, 2.45) is 0 Å². The van der Waals surface area contributed by atoms with Crippen molar-refractivity contribution in [1.29, 1.82) is 0 Å². The van der Waals surface area contributed by atoms with Crippen LogP contribution in [0.25, 0.3) is 0 Å². The van der Waals surface area contributed by atoms with Gasteiger partial charge in [-0.25, -0.2) is 0 Å². The van der Waals surface area contributed by atoms with Crippen molar-refractivity contribution in [3.8, 4) is 0 Å². The molecule has 0 aliphatic heterocycles. The molecule has 0 spiro atoms. The molecule has 3 aromatic rings. The van der Waals surface area contributed by atoms with Gasteiger partial charge in [0.1, 0.15) is 0 Å². The number of hydrogen-bond acceptors (Lipinski definition) is 4. The molecule has 0 aromatic heterocycles. The standard InChI is InChI=1S/C23H22N4O3/c1-16(28)25-19-10-6-11-20(14-19)26-22(29)15-24-18-9-5-12-21(13-18)27-23(30)17-7-3-2-4-8-17/h2-14,24H,15H2,1H3,(H,25,28)(H,26,29)(H,27,30). The lowest BCUT2D eigenvalue weighted by atomic mass is 10.2. The van der Waals surface area contributed by atoms with Gasteiger partial charge in [0.2, 0.25) is 11.8 Å². The normalized spacial score (nSPS) is 10.0. The highest BCUT2D eigenvalue weighted by atomic mass is 16.2. The highest BCUT2D eigenvalue weighted by molar-refractivity contribution is 6.04. The van der Waals surface area contributed by atoms with Crippen molar-refractivity contribution in [2.75, 3.05) is 27.8 Å². The second kappa shape index (κ2) is 9.88. The summed E-state index contributed by atoms with van der Waals surface area (Å²) in [5.41, 5.74) is 3.07. The SMILES string of the molecule is CC(=O)Nc1cccc(NC(=O)CNc2cccc(NC(=O)c3ccccc3)c2)c1. The number of rotatable bonds is 7. The maximum absolute atomic E-state index is 12.3. The van der Waals surface area contributed by atoms with Gasteiger partial charge in [0.15, 0.2) is 0 Å². The maximum Gasteiger partial charge on any atom is 0.255 e. The summed E-state index contributed by atoms with van der Waals surface area (Å²) in [5, 5.41) is 11.3. The predicted molar refractivity (Wildman–Crippen MR) is 119 cm³/mol. The second-order valence-corrected chi connectivity index (χ2v) is 6.56. The molecule has 3 amide bonds. The van der Waals surface area contributed by atoms with E-state index in [-0.39, 0.29) is 24.3 Å². The highest BCUT2D eigenvalue weighted by Crippen LogP contribution is 2.17. The van der Waals surface area contributed by atoms with Crippen LogP contribution in [-0.4, -0.2) is 24.3 Å². The van der Waals surface area contributed by atoms with Crippen molar-refractivity contribution < 1.29 is 14.4 Å². The van der Waals surface area contributed by atoms with E-state index in [2.05, 4.69) is 21.3 Å². The summed E-state index contributed by atoms with van der Waals surface area (Å²) in [6.07, 6.45) is 0. The predicted octanol–water partition coefficient (Wildman–Crippen LogP) is 3.95. The summed E-state index contributed by atoms with van der Waals surface area (Å²) in [4.78, 5) is 35.6. The van der Waals surface area contributed by atoms with E-state index in [1.54, 1.807) is 66.7 Å². The number of benzene rings is 3. The Bertz CT molecular complexity index is 1050. The smallest absolute Gasteiger partial charge is 0.255 e. The topological polar surface area (TPSA) is 99.3 Å². The molecule has 0 aliphatic carbocycles. The summed E-state index contributed by atoms with van der Waals surface area (Å²) < 4.78 is 0. The van der Waals surface area contributed by atoms with Gasteiger partial charge in [-0.15, -0.1) is 0 Å². The molecule has 0 unspecified atom stereocenters. The minimum atomic E-state index is -0.242. The number of carbonyl (C=O) groups is 3. The van der Waals surface area contributed by atoms with Gasteiger partial charge in [0, 0.05) is 35.2 Å². The first-order chi connectivity index (χ1) is 14.5. The molecule has 0 saturated heterocycles. The van der Waals surface area contributed by atoms with E-state index in [0.717, 1.165) is 0 Å². The molecule has 7 nitrogen and oxygen atoms in total. The first kappa shape index (κ1) is 20.6. The highest BCUT2D eigenvalue weighted by Gasteiger charge is 2.07. The Labute approximate surface area is 174 Å². The molecule has 3 rings (SSSR count). The molecule has 0 saturated carbocycles. The van der Waals surface area contributed by atoms with Gasteiger partial charge in [-0.1, -0.05) is 30.3 Å². The van der Waals surface area contributed by atoms with Crippen molar-refractivity contribution >= 4 is 40.5 Å². The number of anilines is 4. The number of nitrogens with one attached hydrogen (secondary N) is 4. The molecule has 0 aliphatic rings. The molecule has 0 atom stereocenters. The van der Waals surface area contributed by atoms with Gasteiger partial charge in [-0.3, -0.25) is 14.4 Å². The molecular formula is C23H22N4O3. The Morgan fingerprint density at radius 2 is 1.23 bits per heavy atom. The molecule has 7 heteroatoms. The van der Waals surface area contributed by atoms with Crippen LogP contribution >= 0.6 is 0 Å². The summed E-state index contributed by atoms with van der Waals surface area (Å²) in [6, 6.07) is 23.0. The van der Waals surface area contributed by atoms with Crippen LogP contribution in [0.15, 0.2) is 78.9 Å². The number of hydrogen-bond donors (Lipinski definition) is 4. The lowest BCUT2D eigenvalue weighted by Crippen LogP contribution is -2.22. The third-order valence-corrected chi connectivity index (χ3v) is 4.08. The zero-order valence-electron chi connectivity index (χ0n) is 16.4. The fourth-order valence-electron chi connectivity index (χ4n) is 2.77. The first-order valence-electron chi connectivity index (χ1n) is 9.37. The molecule has 0 radical (unpaired) electrons. The summed E-state index contributed by atoms with van der Waals surface area (Å²) >= 11 is 0. The van der Waals surface area contributed by atoms with E-state index in [9.17, 15) is 14.4 Å². The van der Waals surface area contributed by atoms with Gasteiger partial charge in [0.05, 0.1) is 6.54 Å². The minimum absolute atomic E-state index is 0.0421. The molecule has 4 N–H and O–H groups in total. The van der Waals surface area contributed by atoms with Gasteiger partial charge < -0.3 is 21.3 Å². The molecule has 152 valence electrons. The lowest BCUT2D eigenvalue weighted by Gasteiger charge is -2.11. The lowest BCUT2D eigenvalue weighted by molar-refractivity contribution is -0.115. The summed E-state index contributed by atoms with van der Waals surface area (Å²) in [6.45, 7) is 1.46.